The van der Waals surface area contributed by atoms with E-state index < -0.39 is 0 Å². The van der Waals surface area contributed by atoms with Crippen molar-refractivity contribution in [1.82, 2.24) is 0 Å². The molecular weight excluding hydrogens is 281 g/mol. The van der Waals surface area contributed by atoms with E-state index in [1.54, 1.807) is 6.07 Å². The molecule has 1 aliphatic rings. The monoisotopic (exact) mass is 299 g/mol. The van der Waals surface area contributed by atoms with Crippen LogP contribution in [-0.2, 0) is 6.42 Å². The van der Waals surface area contributed by atoms with Gasteiger partial charge in [0.1, 0.15) is 17.7 Å². The number of carbonyl (C=O) groups excluding carboxylic acids is 1. The zero-order valence-electron chi connectivity index (χ0n) is 12.7. The zero-order chi connectivity index (χ0) is 15.9. The highest BCUT2D eigenvalue weighted by Crippen LogP contribution is 2.40. The van der Waals surface area contributed by atoms with Crippen molar-refractivity contribution in [2.75, 3.05) is 6.54 Å². The van der Waals surface area contributed by atoms with Gasteiger partial charge in [0, 0.05) is 29.7 Å². The average Bonchev–Trinajstić information content (AvgIpc) is 2.89. The molecule has 2 N–H and O–H groups in total. The summed E-state index contributed by atoms with van der Waals surface area (Å²) in [6.45, 7) is 3.86. The Morgan fingerprint density at radius 3 is 2.77 bits per heavy atom. The van der Waals surface area contributed by atoms with Gasteiger partial charge in [0.15, 0.2) is 5.78 Å². The molecule has 0 aliphatic carbocycles. The van der Waals surface area contributed by atoms with Crippen LogP contribution in [0.25, 0.3) is 11.1 Å². The van der Waals surface area contributed by atoms with E-state index in [4.69, 9.17) is 10.5 Å². The van der Waals surface area contributed by atoms with Crippen LogP contribution in [0.15, 0.2) is 30.3 Å². The predicted octanol–water partition coefficient (Wildman–Crippen LogP) is 3.27. The van der Waals surface area contributed by atoms with Gasteiger partial charge >= 0.3 is 0 Å². The van der Waals surface area contributed by atoms with Crippen molar-refractivity contribution in [2.45, 2.75) is 26.4 Å². The lowest BCUT2D eigenvalue weighted by Gasteiger charge is -2.13. The average molecular weight is 299 g/mol. The van der Waals surface area contributed by atoms with Gasteiger partial charge in [-0.3, -0.25) is 4.79 Å². The van der Waals surface area contributed by atoms with Crippen molar-refractivity contribution in [3.05, 3.63) is 52.8 Å². The van der Waals surface area contributed by atoms with Crippen LogP contribution in [0.2, 0.25) is 0 Å². The molecule has 4 heteroatoms. The molecule has 0 radical (unpaired) electrons. The molecule has 0 unspecified atom stereocenters. The minimum atomic E-state index is -0.363. The second-order valence-electron chi connectivity index (χ2n) is 5.73. The molecule has 0 bridgehead atoms. The van der Waals surface area contributed by atoms with Gasteiger partial charge in [0.05, 0.1) is 0 Å². The summed E-state index contributed by atoms with van der Waals surface area (Å²) < 4.78 is 20.2. The number of ketones is 1. The van der Waals surface area contributed by atoms with Crippen LogP contribution in [-0.4, -0.2) is 18.4 Å². The quantitative estimate of drug-likeness (QED) is 0.885. The number of ether oxygens (including phenoxy) is 1. The Bertz CT molecular complexity index is 755. The molecule has 2 aromatic rings. The summed E-state index contributed by atoms with van der Waals surface area (Å²) in [5.74, 6) is 0.226. The lowest BCUT2D eigenvalue weighted by atomic mass is 9.95. The highest BCUT2D eigenvalue weighted by Gasteiger charge is 2.26. The third-order valence-corrected chi connectivity index (χ3v) is 3.97. The molecule has 3 nitrogen and oxygen atoms in total. The Hall–Kier alpha value is -2.20. The molecular formula is C18H18FNO2. The van der Waals surface area contributed by atoms with E-state index in [0.717, 1.165) is 17.5 Å². The summed E-state index contributed by atoms with van der Waals surface area (Å²) in [4.78, 5) is 11.6. The van der Waals surface area contributed by atoms with Crippen LogP contribution in [0, 0.1) is 12.7 Å². The van der Waals surface area contributed by atoms with Crippen LogP contribution in [0.3, 0.4) is 0 Å². The zero-order valence-corrected chi connectivity index (χ0v) is 12.7. The number of fused-ring (bicyclic) bond motifs is 1. The van der Waals surface area contributed by atoms with Gasteiger partial charge in [0.25, 0.3) is 0 Å². The summed E-state index contributed by atoms with van der Waals surface area (Å²) in [6, 6.07) is 8.35. The molecule has 3 rings (SSSR count). The number of Topliss-reactive ketones (excluding diaryl/α,β-unsaturated/α-hetero) is 1. The maximum absolute atomic E-state index is 14.3. The maximum atomic E-state index is 14.3. The van der Waals surface area contributed by atoms with Crippen molar-refractivity contribution in [3.8, 4) is 16.9 Å². The van der Waals surface area contributed by atoms with Crippen LogP contribution in [0.4, 0.5) is 4.39 Å². The summed E-state index contributed by atoms with van der Waals surface area (Å²) in [6.07, 6.45) is 0.656. The van der Waals surface area contributed by atoms with E-state index in [1.807, 2.05) is 19.1 Å². The summed E-state index contributed by atoms with van der Waals surface area (Å²) in [7, 11) is 0. The first-order chi connectivity index (χ1) is 10.5. The second kappa shape index (κ2) is 5.54. The first kappa shape index (κ1) is 14.7. The Morgan fingerprint density at radius 1 is 1.32 bits per heavy atom. The van der Waals surface area contributed by atoms with E-state index in [9.17, 15) is 9.18 Å². The standard InChI is InChI=1S/C18H18FNO2/c1-10-5-13-7-14(9-20)22-18(13)16(6-10)15-8-12(11(2)21)3-4-17(15)19/h3-6,8,14H,7,9,20H2,1-2H3/t14-/m0/s1. The van der Waals surface area contributed by atoms with Crippen LogP contribution in [0.1, 0.15) is 28.4 Å². The predicted molar refractivity (Wildman–Crippen MR) is 83.8 cm³/mol. The van der Waals surface area contributed by atoms with Gasteiger partial charge in [-0.25, -0.2) is 4.39 Å². The minimum Gasteiger partial charge on any atom is -0.488 e. The topological polar surface area (TPSA) is 52.3 Å². The molecule has 0 fully saturated rings. The van der Waals surface area contributed by atoms with Gasteiger partial charge in [-0.1, -0.05) is 6.07 Å². The SMILES string of the molecule is CC(=O)c1ccc(F)c(-c2cc(C)cc3c2O[C@H](CN)C3)c1. The molecule has 0 aromatic heterocycles. The molecule has 0 saturated carbocycles. The largest absolute Gasteiger partial charge is 0.488 e. The molecule has 114 valence electrons. The third-order valence-electron chi connectivity index (χ3n) is 3.97. The Morgan fingerprint density at radius 2 is 2.09 bits per heavy atom. The van der Waals surface area contributed by atoms with Crippen molar-refractivity contribution < 1.29 is 13.9 Å². The van der Waals surface area contributed by atoms with Crippen molar-refractivity contribution >= 4 is 5.78 Å². The third kappa shape index (κ3) is 2.50. The number of nitrogens with two attached hydrogens (primary N) is 1. The fourth-order valence-electron chi connectivity index (χ4n) is 2.87. The fourth-order valence-corrected chi connectivity index (χ4v) is 2.87. The normalized spacial score (nSPS) is 16.3. The number of rotatable bonds is 3. The molecule has 1 aliphatic heterocycles. The van der Waals surface area contributed by atoms with E-state index in [2.05, 4.69) is 0 Å². The van der Waals surface area contributed by atoms with Crippen LogP contribution >= 0.6 is 0 Å². The molecule has 1 atom stereocenters. The van der Waals surface area contributed by atoms with Crippen molar-refractivity contribution in [3.63, 3.8) is 0 Å². The maximum Gasteiger partial charge on any atom is 0.159 e. The van der Waals surface area contributed by atoms with Gasteiger partial charge in [-0.2, -0.15) is 0 Å². The van der Waals surface area contributed by atoms with Gasteiger partial charge in [-0.05, 0) is 49.2 Å². The number of hydrogen-bond acceptors (Lipinski definition) is 3. The second-order valence-corrected chi connectivity index (χ2v) is 5.73. The summed E-state index contributed by atoms with van der Waals surface area (Å²) >= 11 is 0. The van der Waals surface area contributed by atoms with Crippen molar-refractivity contribution in [2.24, 2.45) is 5.73 Å². The van der Waals surface area contributed by atoms with Crippen LogP contribution in [0.5, 0.6) is 5.75 Å². The molecule has 0 saturated heterocycles. The molecule has 2 aromatic carbocycles. The first-order valence-corrected chi connectivity index (χ1v) is 7.30. The fraction of sp³-hybridized carbons (Fsp3) is 0.278. The molecule has 0 amide bonds. The minimum absolute atomic E-state index is 0.0744. The van der Waals surface area contributed by atoms with E-state index >= 15 is 0 Å². The number of aryl methyl sites for hydroxylation is 1. The smallest absolute Gasteiger partial charge is 0.159 e. The highest BCUT2D eigenvalue weighted by atomic mass is 19.1. The summed E-state index contributed by atoms with van der Waals surface area (Å²) in [5.41, 5.74) is 9.33. The van der Waals surface area contributed by atoms with E-state index in [0.29, 0.717) is 29.0 Å². The van der Waals surface area contributed by atoms with Crippen molar-refractivity contribution in [1.29, 1.82) is 0 Å². The molecule has 1 heterocycles. The Labute approximate surface area is 128 Å². The Kier molecular flexibility index (Phi) is 3.71. The van der Waals surface area contributed by atoms with Gasteiger partial charge in [-0.15, -0.1) is 0 Å². The lowest BCUT2D eigenvalue weighted by Crippen LogP contribution is -2.24. The first-order valence-electron chi connectivity index (χ1n) is 7.30. The number of benzene rings is 2. The number of hydrogen-bond donors (Lipinski definition) is 1. The molecule has 22 heavy (non-hydrogen) atoms. The highest BCUT2D eigenvalue weighted by molar-refractivity contribution is 5.95. The Balaban J connectivity index is 2.18. The van der Waals surface area contributed by atoms with Gasteiger partial charge in [0.2, 0.25) is 0 Å². The summed E-state index contributed by atoms with van der Waals surface area (Å²) in [5, 5.41) is 0. The van der Waals surface area contributed by atoms with E-state index in [1.165, 1.54) is 19.1 Å². The number of carbonyl (C=O) groups is 1. The molecule has 0 spiro atoms. The van der Waals surface area contributed by atoms with E-state index in [-0.39, 0.29) is 17.7 Å². The number of halogens is 1. The lowest BCUT2D eigenvalue weighted by molar-refractivity contribution is 0.101. The van der Waals surface area contributed by atoms with Crippen LogP contribution < -0.4 is 10.5 Å². The van der Waals surface area contributed by atoms with Gasteiger partial charge < -0.3 is 10.5 Å².